The molecule has 0 heterocycles. The van der Waals surface area contributed by atoms with Gasteiger partial charge in [-0.2, -0.15) is 0 Å². The zero-order valence-corrected chi connectivity index (χ0v) is 9.82. The van der Waals surface area contributed by atoms with Crippen molar-refractivity contribution in [2.45, 2.75) is 39.5 Å². The van der Waals surface area contributed by atoms with Crippen molar-refractivity contribution < 1.29 is 19.1 Å². The summed E-state index contributed by atoms with van der Waals surface area (Å²) in [6, 6.07) is 0. The van der Waals surface area contributed by atoms with Gasteiger partial charge in [0, 0.05) is 12.3 Å². The van der Waals surface area contributed by atoms with E-state index in [9.17, 15) is 14.4 Å². The summed E-state index contributed by atoms with van der Waals surface area (Å²) in [5, 5.41) is 0. The Hall–Kier alpha value is -1.19. The minimum Gasteiger partial charge on any atom is -0.465 e. The highest BCUT2D eigenvalue weighted by Gasteiger charge is 2.32. The highest BCUT2D eigenvalue weighted by atomic mass is 16.5. The normalized spacial score (nSPS) is 17.4. The maximum absolute atomic E-state index is 11.7. The molecule has 16 heavy (non-hydrogen) atoms. The zero-order chi connectivity index (χ0) is 12.1. The molecule has 0 radical (unpaired) electrons. The van der Waals surface area contributed by atoms with Gasteiger partial charge >= 0.3 is 5.97 Å². The molecule has 1 unspecified atom stereocenters. The van der Waals surface area contributed by atoms with E-state index in [0.717, 1.165) is 19.3 Å². The smallest absolute Gasteiger partial charge is 0.316 e. The van der Waals surface area contributed by atoms with E-state index in [4.69, 9.17) is 4.74 Å². The topological polar surface area (TPSA) is 60.4 Å². The predicted octanol–water partition coefficient (Wildman–Crippen LogP) is 1.51. The van der Waals surface area contributed by atoms with Gasteiger partial charge in [0.1, 0.15) is 17.5 Å². The van der Waals surface area contributed by atoms with E-state index in [0.29, 0.717) is 0 Å². The second-order valence-corrected chi connectivity index (χ2v) is 4.21. The monoisotopic (exact) mass is 226 g/mol. The number of Topliss-reactive ketones (excluding diaryl/α,β-unsaturated/α-hetero) is 2. The van der Waals surface area contributed by atoms with Crippen molar-refractivity contribution in [1.29, 1.82) is 0 Å². The van der Waals surface area contributed by atoms with Crippen LogP contribution in [0.2, 0.25) is 0 Å². The summed E-state index contributed by atoms with van der Waals surface area (Å²) in [5.74, 6) is -1.65. The molecule has 90 valence electrons. The van der Waals surface area contributed by atoms with E-state index in [-0.39, 0.29) is 30.5 Å². The number of ether oxygens (including phenoxy) is 1. The van der Waals surface area contributed by atoms with Crippen LogP contribution in [0.4, 0.5) is 0 Å². The van der Waals surface area contributed by atoms with E-state index in [1.807, 2.05) is 0 Å². The van der Waals surface area contributed by atoms with Gasteiger partial charge < -0.3 is 4.74 Å². The van der Waals surface area contributed by atoms with Crippen LogP contribution in [-0.4, -0.2) is 24.1 Å². The highest BCUT2D eigenvalue weighted by molar-refractivity contribution is 6.01. The van der Waals surface area contributed by atoms with Crippen molar-refractivity contribution in [1.82, 2.24) is 0 Å². The molecule has 0 aromatic heterocycles. The van der Waals surface area contributed by atoms with Crippen LogP contribution in [0.1, 0.15) is 39.5 Å². The van der Waals surface area contributed by atoms with Gasteiger partial charge in [0.05, 0.1) is 6.61 Å². The maximum atomic E-state index is 11.7. The van der Waals surface area contributed by atoms with Crippen LogP contribution < -0.4 is 0 Å². The highest BCUT2D eigenvalue weighted by Crippen LogP contribution is 2.29. The van der Waals surface area contributed by atoms with E-state index in [1.165, 1.54) is 6.92 Å². The standard InChI is InChI=1S/C12H18O4/c1-3-16-12(15)10(8(2)13)7-11(14)9-5-4-6-9/h9-10H,3-7H2,1-2H3. The van der Waals surface area contributed by atoms with Gasteiger partial charge in [0.15, 0.2) is 0 Å². The number of hydrogen-bond acceptors (Lipinski definition) is 4. The van der Waals surface area contributed by atoms with E-state index >= 15 is 0 Å². The Bertz CT molecular complexity index is 291. The molecule has 1 fully saturated rings. The van der Waals surface area contributed by atoms with Gasteiger partial charge in [-0.05, 0) is 26.7 Å². The van der Waals surface area contributed by atoms with Crippen LogP contribution in [0.3, 0.4) is 0 Å². The fourth-order valence-corrected chi connectivity index (χ4v) is 1.73. The summed E-state index contributed by atoms with van der Waals surface area (Å²) in [7, 11) is 0. The number of carbonyl (C=O) groups is 3. The molecule has 1 rings (SSSR count). The molecular formula is C12H18O4. The van der Waals surface area contributed by atoms with Gasteiger partial charge in [-0.15, -0.1) is 0 Å². The molecule has 0 bridgehead atoms. The van der Waals surface area contributed by atoms with Crippen LogP contribution in [0.25, 0.3) is 0 Å². The third kappa shape index (κ3) is 3.15. The Kier molecular flexibility index (Phi) is 4.65. The minimum absolute atomic E-state index is 0.0127. The molecule has 4 nitrogen and oxygen atoms in total. The summed E-state index contributed by atoms with van der Waals surface area (Å²) in [6.45, 7) is 3.25. The first-order valence-electron chi connectivity index (χ1n) is 5.76. The fraction of sp³-hybridized carbons (Fsp3) is 0.750. The molecule has 1 saturated carbocycles. The summed E-state index contributed by atoms with van der Waals surface area (Å²) < 4.78 is 4.79. The summed E-state index contributed by atoms with van der Waals surface area (Å²) in [5.41, 5.74) is 0. The van der Waals surface area contributed by atoms with Crippen LogP contribution in [0, 0.1) is 11.8 Å². The third-order valence-corrected chi connectivity index (χ3v) is 3.03. The lowest BCUT2D eigenvalue weighted by Crippen LogP contribution is -2.31. The SMILES string of the molecule is CCOC(=O)C(CC(=O)C1CCC1)C(C)=O. The average molecular weight is 226 g/mol. The summed E-state index contributed by atoms with van der Waals surface area (Å²) >= 11 is 0. The molecule has 1 atom stereocenters. The first kappa shape index (κ1) is 12.9. The molecule has 0 spiro atoms. The lowest BCUT2D eigenvalue weighted by Gasteiger charge is -2.24. The van der Waals surface area contributed by atoms with Crippen molar-refractivity contribution in [3.05, 3.63) is 0 Å². The van der Waals surface area contributed by atoms with Crippen LogP contribution in [-0.2, 0) is 19.1 Å². The quantitative estimate of drug-likeness (QED) is 0.509. The molecule has 0 saturated heterocycles. The molecule has 0 N–H and O–H groups in total. The Labute approximate surface area is 95.3 Å². The number of carbonyl (C=O) groups excluding carboxylic acids is 3. The lowest BCUT2D eigenvalue weighted by molar-refractivity contribution is -0.153. The van der Waals surface area contributed by atoms with Gasteiger partial charge in [0.25, 0.3) is 0 Å². The van der Waals surface area contributed by atoms with Crippen LogP contribution in [0.15, 0.2) is 0 Å². The molecular weight excluding hydrogens is 208 g/mol. The first-order valence-corrected chi connectivity index (χ1v) is 5.76. The third-order valence-electron chi connectivity index (χ3n) is 3.03. The molecule has 0 aromatic rings. The summed E-state index contributed by atoms with van der Waals surface area (Å²) in [4.78, 5) is 34.4. The Morgan fingerprint density at radius 1 is 1.31 bits per heavy atom. The van der Waals surface area contributed by atoms with Crippen molar-refractivity contribution in [3.8, 4) is 0 Å². The number of ketones is 2. The van der Waals surface area contributed by atoms with Gasteiger partial charge in [-0.3, -0.25) is 14.4 Å². The van der Waals surface area contributed by atoms with Crippen LogP contribution in [0.5, 0.6) is 0 Å². The molecule has 0 amide bonds. The minimum atomic E-state index is -0.895. The van der Waals surface area contributed by atoms with E-state index in [2.05, 4.69) is 0 Å². The van der Waals surface area contributed by atoms with Crippen molar-refractivity contribution in [2.75, 3.05) is 6.61 Å². The Morgan fingerprint density at radius 2 is 1.94 bits per heavy atom. The number of hydrogen-bond donors (Lipinski definition) is 0. The predicted molar refractivity (Wildman–Crippen MR) is 57.8 cm³/mol. The second-order valence-electron chi connectivity index (χ2n) is 4.21. The zero-order valence-electron chi connectivity index (χ0n) is 9.82. The van der Waals surface area contributed by atoms with Crippen LogP contribution >= 0.6 is 0 Å². The fourth-order valence-electron chi connectivity index (χ4n) is 1.73. The average Bonchev–Trinajstić information content (AvgIpc) is 2.11. The van der Waals surface area contributed by atoms with Crippen molar-refractivity contribution in [2.24, 2.45) is 11.8 Å². The number of rotatable bonds is 6. The molecule has 4 heteroatoms. The Balaban J connectivity index is 2.53. The molecule has 1 aliphatic rings. The largest absolute Gasteiger partial charge is 0.465 e. The molecule has 1 aliphatic carbocycles. The maximum Gasteiger partial charge on any atom is 0.316 e. The molecule has 0 aliphatic heterocycles. The van der Waals surface area contributed by atoms with Gasteiger partial charge in [0.2, 0.25) is 0 Å². The second kappa shape index (κ2) is 5.77. The van der Waals surface area contributed by atoms with E-state index < -0.39 is 11.9 Å². The first-order chi connectivity index (χ1) is 7.56. The van der Waals surface area contributed by atoms with Gasteiger partial charge in [-0.25, -0.2) is 0 Å². The van der Waals surface area contributed by atoms with Crippen molar-refractivity contribution in [3.63, 3.8) is 0 Å². The van der Waals surface area contributed by atoms with Crippen molar-refractivity contribution >= 4 is 17.5 Å². The molecule has 0 aromatic carbocycles. The number of esters is 1. The Morgan fingerprint density at radius 3 is 2.31 bits per heavy atom. The van der Waals surface area contributed by atoms with Gasteiger partial charge in [-0.1, -0.05) is 6.42 Å². The lowest BCUT2D eigenvalue weighted by atomic mass is 9.79. The summed E-state index contributed by atoms with van der Waals surface area (Å²) in [6.07, 6.45) is 2.87. The van der Waals surface area contributed by atoms with E-state index in [1.54, 1.807) is 6.92 Å².